The third-order valence-corrected chi connectivity index (χ3v) is 3.99. The van der Waals surface area contributed by atoms with E-state index in [1.54, 1.807) is 11.9 Å². The van der Waals surface area contributed by atoms with Crippen molar-refractivity contribution < 1.29 is 14.7 Å². The Morgan fingerprint density at radius 3 is 2.75 bits per heavy atom. The minimum atomic E-state index is -0.733. The fourth-order valence-corrected chi connectivity index (χ4v) is 2.70. The van der Waals surface area contributed by atoms with Crippen LogP contribution in [-0.2, 0) is 4.79 Å². The Kier molecular flexibility index (Phi) is 7.12. The van der Waals surface area contributed by atoms with Gasteiger partial charge in [-0.2, -0.15) is 0 Å². The molecule has 1 fully saturated rings. The number of aliphatic carboxylic acids is 1. The lowest BCUT2D eigenvalue weighted by Crippen LogP contribution is -2.42. The number of allylic oxidation sites excluding steroid dienone is 1. The van der Waals surface area contributed by atoms with Crippen LogP contribution in [0.1, 0.15) is 38.5 Å². The average molecular weight is 282 g/mol. The quantitative estimate of drug-likeness (QED) is 0.557. The van der Waals surface area contributed by atoms with Crippen LogP contribution in [-0.4, -0.2) is 42.1 Å². The van der Waals surface area contributed by atoms with Crippen molar-refractivity contribution in [3.05, 3.63) is 12.7 Å². The number of hydrogen-bond acceptors (Lipinski definition) is 2. The van der Waals surface area contributed by atoms with Gasteiger partial charge in [0, 0.05) is 20.1 Å². The van der Waals surface area contributed by atoms with Gasteiger partial charge in [-0.15, -0.1) is 6.58 Å². The number of nitrogens with one attached hydrogen (secondary N) is 1. The second-order valence-corrected chi connectivity index (χ2v) is 5.53. The van der Waals surface area contributed by atoms with Crippen molar-refractivity contribution in [1.29, 1.82) is 0 Å². The van der Waals surface area contributed by atoms with Gasteiger partial charge in [0.1, 0.15) is 0 Å². The molecule has 0 aliphatic heterocycles. The molecule has 1 rings (SSSR count). The highest BCUT2D eigenvalue weighted by Gasteiger charge is 2.30. The molecule has 1 saturated carbocycles. The number of carbonyl (C=O) groups is 2. The lowest BCUT2D eigenvalue weighted by molar-refractivity contribution is -0.144. The van der Waals surface area contributed by atoms with E-state index in [2.05, 4.69) is 11.9 Å². The van der Waals surface area contributed by atoms with Crippen molar-refractivity contribution in [3.8, 4) is 0 Å². The first-order valence-electron chi connectivity index (χ1n) is 7.39. The summed E-state index contributed by atoms with van der Waals surface area (Å²) in [5, 5.41) is 12.1. The minimum absolute atomic E-state index is 0.0618. The zero-order valence-electron chi connectivity index (χ0n) is 12.3. The van der Waals surface area contributed by atoms with Crippen LogP contribution in [0, 0.1) is 11.8 Å². The van der Waals surface area contributed by atoms with Gasteiger partial charge in [-0.05, 0) is 31.6 Å². The number of carbonyl (C=O) groups excluding carboxylic acids is 1. The van der Waals surface area contributed by atoms with E-state index in [1.807, 2.05) is 6.08 Å². The average Bonchev–Trinajstić information content (AvgIpc) is 2.45. The Morgan fingerprint density at radius 2 is 2.10 bits per heavy atom. The van der Waals surface area contributed by atoms with E-state index in [-0.39, 0.29) is 17.9 Å². The van der Waals surface area contributed by atoms with E-state index < -0.39 is 5.97 Å². The highest BCUT2D eigenvalue weighted by molar-refractivity contribution is 5.74. The van der Waals surface area contributed by atoms with E-state index in [0.717, 1.165) is 38.5 Å². The lowest BCUT2D eigenvalue weighted by atomic mass is 9.79. The Morgan fingerprint density at radius 1 is 1.40 bits per heavy atom. The molecule has 2 unspecified atom stereocenters. The first-order chi connectivity index (χ1) is 9.56. The van der Waals surface area contributed by atoms with Gasteiger partial charge in [-0.1, -0.05) is 18.9 Å². The molecule has 0 radical (unpaired) electrons. The van der Waals surface area contributed by atoms with Gasteiger partial charge >= 0.3 is 12.0 Å². The smallest absolute Gasteiger partial charge is 0.317 e. The fraction of sp³-hybridized carbons (Fsp3) is 0.733. The molecule has 2 atom stereocenters. The summed E-state index contributed by atoms with van der Waals surface area (Å²) in [5.74, 6) is -0.981. The third kappa shape index (κ3) is 5.23. The Labute approximate surface area is 121 Å². The van der Waals surface area contributed by atoms with E-state index in [1.165, 1.54) is 0 Å². The third-order valence-electron chi connectivity index (χ3n) is 3.99. The molecule has 114 valence electrons. The monoisotopic (exact) mass is 282 g/mol. The highest BCUT2D eigenvalue weighted by atomic mass is 16.4. The molecule has 0 aromatic heterocycles. The summed E-state index contributed by atoms with van der Waals surface area (Å²) in [7, 11) is 1.76. The van der Waals surface area contributed by atoms with Crippen LogP contribution in [0.3, 0.4) is 0 Å². The number of hydrogen-bond donors (Lipinski definition) is 2. The van der Waals surface area contributed by atoms with Crippen LogP contribution < -0.4 is 5.32 Å². The normalized spacial score (nSPS) is 22.1. The summed E-state index contributed by atoms with van der Waals surface area (Å²) in [4.78, 5) is 24.7. The predicted octanol–water partition coefficient (Wildman–Crippen LogP) is 2.49. The van der Waals surface area contributed by atoms with Crippen LogP contribution in [0.2, 0.25) is 0 Å². The van der Waals surface area contributed by atoms with Gasteiger partial charge in [-0.25, -0.2) is 4.79 Å². The summed E-state index contributed by atoms with van der Waals surface area (Å²) < 4.78 is 0. The minimum Gasteiger partial charge on any atom is -0.481 e. The molecule has 0 spiro atoms. The lowest BCUT2D eigenvalue weighted by Gasteiger charge is -2.29. The molecule has 20 heavy (non-hydrogen) atoms. The van der Waals surface area contributed by atoms with Gasteiger partial charge in [0.15, 0.2) is 0 Å². The number of nitrogens with zero attached hydrogens (tertiary/aromatic N) is 1. The van der Waals surface area contributed by atoms with Crippen LogP contribution in [0.15, 0.2) is 12.7 Å². The SMILES string of the molecule is C=CCCCN(C)C(=O)NCC1CCCCC1C(=O)O. The number of rotatable bonds is 7. The van der Waals surface area contributed by atoms with Gasteiger partial charge in [-0.3, -0.25) is 4.79 Å². The van der Waals surface area contributed by atoms with Gasteiger partial charge < -0.3 is 15.3 Å². The molecular weight excluding hydrogens is 256 g/mol. The van der Waals surface area contributed by atoms with Gasteiger partial charge in [0.05, 0.1) is 5.92 Å². The molecule has 0 bridgehead atoms. The molecular formula is C15H26N2O3. The van der Waals surface area contributed by atoms with Crippen molar-refractivity contribution in [1.82, 2.24) is 10.2 Å². The summed E-state index contributed by atoms with van der Waals surface area (Å²) >= 11 is 0. The Bertz CT molecular complexity index is 344. The van der Waals surface area contributed by atoms with Crippen molar-refractivity contribution >= 4 is 12.0 Å². The van der Waals surface area contributed by atoms with Crippen LogP contribution in [0.25, 0.3) is 0 Å². The maximum atomic E-state index is 11.9. The topological polar surface area (TPSA) is 69.6 Å². The maximum Gasteiger partial charge on any atom is 0.317 e. The van der Waals surface area contributed by atoms with E-state index in [0.29, 0.717) is 13.1 Å². The molecule has 5 nitrogen and oxygen atoms in total. The van der Waals surface area contributed by atoms with E-state index in [9.17, 15) is 14.7 Å². The van der Waals surface area contributed by atoms with Gasteiger partial charge in [0.2, 0.25) is 0 Å². The summed E-state index contributed by atoms with van der Waals surface area (Å²) in [6.45, 7) is 4.80. The number of carboxylic acid groups (broad SMARTS) is 1. The number of unbranched alkanes of at least 4 members (excludes halogenated alkanes) is 1. The standard InChI is InChI=1S/C15H26N2O3/c1-3-4-7-10-17(2)15(20)16-11-12-8-5-6-9-13(12)14(18)19/h3,12-13H,1,4-11H2,2H3,(H,16,20)(H,18,19). The molecule has 2 N–H and O–H groups in total. The summed E-state index contributed by atoms with van der Waals surface area (Å²) in [6.07, 6.45) is 7.27. The fourth-order valence-electron chi connectivity index (χ4n) is 2.70. The second-order valence-electron chi connectivity index (χ2n) is 5.53. The molecule has 2 amide bonds. The van der Waals surface area contributed by atoms with Crippen molar-refractivity contribution in [2.75, 3.05) is 20.1 Å². The van der Waals surface area contributed by atoms with Crippen LogP contribution in [0.4, 0.5) is 4.79 Å². The van der Waals surface area contributed by atoms with Crippen molar-refractivity contribution in [2.24, 2.45) is 11.8 Å². The highest BCUT2D eigenvalue weighted by Crippen LogP contribution is 2.29. The number of amides is 2. The zero-order valence-corrected chi connectivity index (χ0v) is 12.3. The molecule has 0 aromatic rings. The van der Waals surface area contributed by atoms with E-state index in [4.69, 9.17) is 0 Å². The van der Waals surface area contributed by atoms with Gasteiger partial charge in [0.25, 0.3) is 0 Å². The molecule has 0 heterocycles. The molecule has 0 aromatic carbocycles. The largest absolute Gasteiger partial charge is 0.481 e. The molecule has 5 heteroatoms. The first-order valence-corrected chi connectivity index (χ1v) is 7.39. The molecule has 1 aliphatic carbocycles. The number of urea groups is 1. The van der Waals surface area contributed by atoms with E-state index >= 15 is 0 Å². The Hall–Kier alpha value is -1.52. The summed E-state index contributed by atoms with van der Waals surface area (Å²) in [5.41, 5.74) is 0. The second kappa shape index (κ2) is 8.61. The molecule has 0 saturated heterocycles. The Balaban J connectivity index is 2.34. The summed E-state index contributed by atoms with van der Waals surface area (Å²) in [6, 6.07) is -0.122. The van der Waals surface area contributed by atoms with Crippen LogP contribution >= 0.6 is 0 Å². The maximum absolute atomic E-state index is 11.9. The molecule has 1 aliphatic rings. The number of carboxylic acids is 1. The first kappa shape index (κ1) is 16.5. The van der Waals surface area contributed by atoms with Crippen LogP contribution in [0.5, 0.6) is 0 Å². The zero-order chi connectivity index (χ0) is 15.0. The predicted molar refractivity (Wildman–Crippen MR) is 78.5 cm³/mol. The van der Waals surface area contributed by atoms with Crippen molar-refractivity contribution in [3.63, 3.8) is 0 Å². The van der Waals surface area contributed by atoms with Crippen molar-refractivity contribution in [2.45, 2.75) is 38.5 Å².